The Morgan fingerprint density at radius 2 is 2.38 bits per heavy atom. The maximum Gasteiger partial charge on any atom is 0.137 e. The molecule has 0 spiro atoms. The number of nitrogens with one attached hydrogen (secondary N) is 1. The van der Waals surface area contributed by atoms with E-state index in [-0.39, 0.29) is 0 Å². The van der Waals surface area contributed by atoms with E-state index < -0.39 is 0 Å². The first kappa shape index (κ1) is 11.7. The highest BCUT2D eigenvalue weighted by molar-refractivity contribution is 6.32. The van der Waals surface area contributed by atoms with Gasteiger partial charge in [0.1, 0.15) is 5.75 Å². The molecule has 1 aromatic rings. The molecule has 0 saturated carbocycles. The van der Waals surface area contributed by atoms with E-state index in [2.05, 4.69) is 11.4 Å². The molecule has 1 aromatic carbocycles. The van der Waals surface area contributed by atoms with Crippen LogP contribution in [0.15, 0.2) is 18.2 Å². The van der Waals surface area contributed by atoms with Crippen LogP contribution in [0.4, 0.5) is 0 Å². The molecule has 2 nitrogen and oxygen atoms in total. The predicted molar refractivity (Wildman–Crippen MR) is 67.3 cm³/mol. The number of methoxy groups -OCH3 is 1. The molecule has 88 valence electrons. The third-order valence-corrected chi connectivity index (χ3v) is 3.46. The molecule has 0 amide bonds. The molecule has 16 heavy (non-hydrogen) atoms. The summed E-state index contributed by atoms with van der Waals surface area (Å²) in [4.78, 5) is 0. The fourth-order valence-electron chi connectivity index (χ4n) is 2.21. The lowest BCUT2D eigenvalue weighted by Gasteiger charge is -2.10. The minimum absolute atomic E-state index is 0.695. The van der Waals surface area contributed by atoms with Gasteiger partial charge in [-0.1, -0.05) is 17.7 Å². The highest BCUT2D eigenvalue weighted by atomic mass is 35.5. The first-order chi connectivity index (χ1) is 7.79. The third kappa shape index (κ3) is 2.89. The Kier molecular flexibility index (Phi) is 4.08. The molecular formula is C13H18ClNO. The van der Waals surface area contributed by atoms with E-state index in [9.17, 15) is 0 Å². The average Bonchev–Trinajstić information content (AvgIpc) is 2.79. The van der Waals surface area contributed by atoms with Crippen LogP contribution in [-0.2, 0) is 6.42 Å². The molecule has 3 heteroatoms. The van der Waals surface area contributed by atoms with Gasteiger partial charge in [-0.15, -0.1) is 0 Å². The summed E-state index contributed by atoms with van der Waals surface area (Å²) in [5, 5.41) is 4.21. The van der Waals surface area contributed by atoms with Crippen LogP contribution in [0.1, 0.15) is 24.8 Å². The van der Waals surface area contributed by atoms with Gasteiger partial charge in [0.25, 0.3) is 0 Å². The SMILES string of the molecule is COc1ccc(CCC2CCCN2)cc1Cl. The standard InChI is InChI=1S/C13H18ClNO/c1-16-13-7-5-10(9-12(13)14)4-6-11-3-2-8-15-11/h5,7,9,11,15H,2-4,6,8H2,1H3. The van der Waals surface area contributed by atoms with Gasteiger partial charge >= 0.3 is 0 Å². The maximum atomic E-state index is 6.08. The van der Waals surface area contributed by atoms with Crippen LogP contribution in [0.5, 0.6) is 5.75 Å². The highest BCUT2D eigenvalue weighted by Gasteiger charge is 2.13. The maximum absolute atomic E-state index is 6.08. The van der Waals surface area contributed by atoms with Gasteiger partial charge in [-0.3, -0.25) is 0 Å². The zero-order chi connectivity index (χ0) is 11.4. The first-order valence-corrected chi connectivity index (χ1v) is 6.23. The zero-order valence-electron chi connectivity index (χ0n) is 9.63. The number of ether oxygens (including phenoxy) is 1. The lowest BCUT2D eigenvalue weighted by Crippen LogP contribution is -2.21. The lowest BCUT2D eigenvalue weighted by atomic mass is 10.0. The van der Waals surface area contributed by atoms with E-state index >= 15 is 0 Å². The van der Waals surface area contributed by atoms with Crippen LogP contribution in [-0.4, -0.2) is 19.7 Å². The quantitative estimate of drug-likeness (QED) is 0.872. The number of hydrogen-bond acceptors (Lipinski definition) is 2. The van der Waals surface area contributed by atoms with Crippen molar-refractivity contribution in [3.8, 4) is 5.75 Å². The minimum Gasteiger partial charge on any atom is -0.495 e. The Balaban J connectivity index is 1.91. The zero-order valence-corrected chi connectivity index (χ0v) is 10.4. The van der Waals surface area contributed by atoms with Gasteiger partial charge in [-0.25, -0.2) is 0 Å². The van der Waals surface area contributed by atoms with Crippen LogP contribution >= 0.6 is 11.6 Å². The van der Waals surface area contributed by atoms with E-state index in [1.165, 1.54) is 31.4 Å². The number of benzene rings is 1. The predicted octanol–water partition coefficient (Wildman–Crippen LogP) is 3.03. The second kappa shape index (κ2) is 5.55. The van der Waals surface area contributed by atoms with E-state index in [4.69, 9.17) is 16.3 Å². The summed E-state index contributed by atoms with van der Waals surface area (Å²) in [6.45, 7) is 1.17. The van der Waals surface area contributed by atoms with Gasteiger partial charge < -0.3 is 10.1 Å². The molecule has 1 fully saturated rings. The molecule has 0 radical (unpaired) electrons. The van der Waals surface area contributed by atoms with Crippen molar-refractivity contribution in [2.24, 2.45) is 0 Å². The van der Waals surface area contributed by atoms with Crippen LogP contribution < -0.4 is 10.1 Å². The summed E-state index contributed by atoms with van der Waals surface area (Å²) < 4.78 is 5.13. The van der Waals surface area contributed by atoms with Crippen molar-refractivity contribution in [2.45, 2.75) is 31.7 Å². The minimum atomic E-state index is 0.695. The largest absolute Gasteiger partial charge is 0.495 e. The molecule has 1 aliphatic heterocycles. The molecule has 0 aromatic heterocycles. The Labute approximate surface area is 102 Å². The Morgan fingerprint density at radius 3 is 3.00 bits per heavy atom. The van der Waals surface area contributed by atoms with Crippen molar-refractivity contribution in [1.29, 1.82) is 0 Å². The van der Waals surface area contributed by atoms with Crippen molar-refractivity contribution in [1.82, 2.24) is 5.32 Å². The first-order valence-electron chi connectivity index (χ1n) is 5.85. The van der Waals surface area contributed by atoms with E-state index in [0.717, 1.165) is 12.2 Å². The van der Waals surface area contributed by atoms with E-state index in [1.807, 2.05) is 12.1 Å². The molecule has 1 aliphatic rings. The molecule has 1 N–H and O–H groups in total. The Hall–Kier alpha value is -0.730. The van der Waals surface area contributed by atoms with Crippen LogP contribution in [0.2, 0.25) is 5.02 Å². The summed E-state index contributed by atoms with van der Waals surface area (Å²) in [6.07, 6.45) is 4.90. The summed E-state index contributed by atoms with van der Waals surface area (Å²) in [6, 6.07) is 6.75. The van der Waals surface area contributed by atoms with Gasteiger partial charge in [0, 0.05) is 6.04 Å². The molecule has 1 unspecified atom stereocenters. The molecule has 0 bridgehead atoms. The highest BCUT2D eigenvalue weighted by Crippen LogP contribution is 2.25. The molecule has 2 rings (SSSR count). The topological polar surface area (TPSA) is 21.3 Å². The number of halogens is 1. The normalized spacial score (nSPS) is 20.0. The van der Waals surface area contributed by atoms with Gasteiger partial charge in [0.2, 0.25) is 0 Å². The van der Waals surface area contributed by atoms with Crippen LogP contribution in [0, 0.1) is 0 Å². The van der Waals surface area contributed by atoms with Crippen molar-refractivity contribution in [3.05, 3.63) is 28.8 Å². The number of rotatable bonds is 4. The smallest absolute Gasteiger partial charge is 0.137 e. The second-order valence-corrected chi connectivity index (χ2v) is 4.71. The lowest BCUT2D eigenvalue weighted by molar-refractivity contribution is 0.415. The summed E-state index contributed by atoms with van der Waals surface area (Å²) in [7, 11) is 1.64. The average molecular weight is 240 g/mol. The monoisotopic (exact) mass is 239 g/mol. The van der Waals surface area contributed by atoms with Crippen molar-refractivity contribution < 1.29 is 4.74 Å². The van der Waals surface area contributed by atoms with Gasteiger partial charge in [0.15, 0.2) is 0 Å². The number of aryl methyl sites for hydroxylation is 1. The third-order valence-electron chi connectivity index (χ3n) is 3.16. The summed E-state index contributed by atoms with van der Waals surface area (Å²) in [5.41, 5.74) is 1.29. The summed E-state index contributed by atoms with van der Waals surface area (Å²) in [5.74, 6) is 0.754. The molecular weight excluding hydrogens is 222 g/mol. The van der Waals surface area contributed by atoms with Gasteiger partial charge in [0.05, 0.1) is 12.1 Å². The van der Waals surface area contributed by atoms with Crippen LogP contribution in [0.3, 0.4) is 0 Å². The van der Waals surface area contributed by atoms with Crippen molar-refractivity contribution in [2.75, 3.05) is 13.7 Å². The fourth-order valence-corrected chi connectivity index (χ4v) is 2.49. The van der Waals surface area contributed by atoms with E-state index in [1.54, 1.807) is 7.11 Å². The Bertz CT molecular complexity index is 348. The van der Waals surface area contributed by atoms with Gasteiger partial charge in [-0.2, -0.15) is 0 Å². The second-order valence-electron chi connectivity index (χ2n) is 4.30. The van der Waals surface area contributed by atoms with E-state index in [0.29, 0.717) is 11.1 Å². The fraction of sp³-hybridized carbons (Fsp3) is 0.538. The summed E-state index contributed by atoms with van der Waals surface area (Å²) >= 11 is 6.08. The molecule has 1 heterocycles. The Morgan fingerprint density at radius 1 is 1.50 bits per heavy atom. The number of hydrogen-bond donors (Lipinski definition) is 1. The molecule has 1 saturated heterocycles. The van der Waals surface area contributed by atoms with Crippen molar-refractivity contribution >= 4 is 11.6 Å². The van der Waals surface area contributed by atoms with Gasteiger partial charge in [-0.05, 0) is 49.9 Å². The van der Waals surface area contributed by atoms with Crippen LogP contribution in [0.25, 0.3) is 0 Å². The van der Waals surface area contributed by atoms with Crippen molar-refractivity contribution in [3.63, 3.8) is 0 Å². The molecule has 0 aliphatic carbocycles. The molecule has 1 atom stereocenters.